The van der Waals surface area contributed by atoms with Crippen LogP contribution in [0.4, 0.5) is 5.69 Å². The second kappa shape index (κ2) is 5.56. The molecule has 2 aromatic rings. The molecule has 88 valence electrons. The molecule has 0 fully saturated rings. The predicted octanol–water partition coefficient (Wildman–Crippen LogP) is 4.37. The topological polar surface area (TPSA) is 35.2 Å². The van der Waals surface area contributed by atoms with Gasteiger partial charge in [0.05, 0.1) is 0 Å². The number of nitrogen functional groups attached to an aromatic ring is 1. The average molecular weight is 357 g/mol. The molecule has 4 heteroatoms. The molecule has 0 saturated heterocycles. The molecule has 2 rings (SSSR count). The summed E-state index contributed by atoms with van der Waals surface area (Å²) >= 11 is 6.77. The van der Waals surface area contributed by atoms with E-state index < -0.39 is 0 Å². The zero-order chi connectivity index (χ0) is 12.3. The molecule has 0 saturated carbocycles. The highest BCUT2D eigenvalue weighted by atomic mass is 79.9. The lowest BCUT2D eigenvalue weighted by atomic mass is 10.2. The average Bonchev–Trinajstić information content (AvgIpc) is 2.31. The Kier molecular flexibility index (Phi) is 4.07. The summed E-state index contributed by atoms with van der Waals surface area (Å²) in [6, 6.07) is 13.6. The number of benzene rings is 2. The van der Waals surface area contributed by atoms with E-state index in [0.717, 1.165) is 25.9 Å². The van der Waals surface area contributed by atoms with Crippen LogP contribution in [-0.2, 0) is 6.61 Å². The van der Waals surface area contributed by atoms with Crippen LogP contribution >= 0.6 is 31.9 Å². The molecule has 17 heavy (non-hydrogen) atoms. The summed E-state index contributed by atoms with van der Waals surface area (Å²) < 4.78 is 7.58. The van der Waals surface area contributed by atoms with Gasteiger partial charge in [-0.15, -0.1) is 0 Å². The van der Waals surface area contributed by atoms with Crippen LogP contribution in [0.1, 0.15) is 5.56 Å². The van der Waals surface area contributed by atoms with Gasteiger partial charge in [-0.05, 0) is 51.8 Å². The van der Waals surface area contributed by atoms with E-state index in [2.05, 4.69) is 31.9 Å². The molecule has 0 aliphatic heterocycles. The van der Waals surface area contributed by atoms with Crippen LogP contribution in [0.15, 0.2) is 51.4 Å². The monoisotopic (exact) mass is 355 g/mol. The minimum Gasteiger partial charge on any atom is -0.489 e. The summed E-state index contributed by atoms with van der Waals surface area (Å²) in [7, 11) is 0. The maximum atomic E-state index is 5.80. The molecule has 0 aromatic heterocycles. The highest BCUT2D eigenvalue weighted by Gasteiger charge is 2.00. The number of anilines is 1. The van der Waals surface area contributed by atoms with E-state index in [1.54, 1.807) is 0 Å². The Morgan fingerprint density at radius 2 is 1.88 bits per heavy atom. The lowest BCUT2D eigenvalue weighted by Gasteiger charge is -2.07. The van der Waals surface area contributed by atoms with Gasteiger partial charge in [0.25, 0.3) is 0 Å². The first-order chi connectivity index (χ1) is 8.15. The lowest BCUT2D eigenvalue weighted by molar-refractivity contribution is 0.306. The van der Waals surface area contributed by atoms with Crippen LogP contribution in [-0.4, -0.2) is 0 Å². The van der Waals surface area contributed by atoms with Gasteiger partial charge < -0.3 is 10.5 Å². The second-order valence-corrected chi connectivity index (χ2v) is 5.37. The van der Waals surface area contributed by atoms with Gasteiger partial charge in [0.2, 0.25) is 0 Å². The fraction of sp³-hybridized carbons (Fsp3) is 0.0769. The summed E-state index contributed by atoms with van der Waals surface area (Å²) in [5.41, 5.74) is 7.57. The van der Waals surface area contributed by atoms with Crippen molar-refractivity contribution < 1.29 is 4.74 Å². The van der Waals surface area contributed by atoms with Crippen LogP contribution in [0.3, 0.4) is 0 Å². The largest absolute Gasteiger partial charge is 0.489 e. The molecule has 0 unspecified atom stereocenters. The van der Waals surface area contributed by atoms with Crippen molar-refractivity contribution in [3.05, 3.63) is 57.0 Å². The quantitative estimate of drug-likeness (QED) is 0.828. The minimum absolute atomic E-state index is 0.508. The number of hydrogen-bond acceptors (Lipinski definition) is 2. The van der Waals surface area contributed by atoms with Crippen molar-refractivity contribution in [3.8, 4) is 5.75 Å². The van der Waals surface area contributed by atoms with Crippen molar-refractivity contribution in [3.63, 3.8) is 0 Å². The van der Waals surface area contributed by atoms with Crippen molar-refractivity contribution >= 4 is 37.5 Å². The fourth-order valence-corrected chi connectivity index (χ4v) is 2.03. The van der Waals surface area contributed by atoms with Gasteiger partial charge in [-0.2, -0.15) is 0 Å². The van der Waals surface area contributed by atoms with Crippen LogP contribution in [0.25, 0.3) is 0 Å². The Labute approximate surface area is 117 Å². The zero-order valence-electron chi connectivity index (χ0n) is 8.99. The van der Waals surface area contributed by atoms with Crippen molar-refractivity contribution in [2.24, 2.45) is 0 Å². The number of hydrogen-bond donors (Lipinski definition) is 1. The van der Waals surface area contributed by atoms with Gasteiger partial charge >= 0.3 is 0 Å². The fourth-order valence-electron chi connectivity index (χ4n) is 1.41. The Morgan fingerprint density at radius 1 is 1.06 bits per heavy atom. The maximum Gasteiger partial charge on any atom is 0.120 e. The minimum atomic E-state index is 0.508. The summed E-state index contributed by atoms with van der Waals surface area (Å²) in [6.45, 7) is 0.508. The highest BCUT2D eigenvalue weighted by Crippen LogP contribution is 2.22. The first-order valence-corrected chi connectivity index (χ1v) is 6.66. The molecule has 0 amide bonds. The summed E-state index contributed by atoms with van der Waals surface area (Å²) in [5, 5.41) is 0. The third-order valence-corrected chi connectivity index (χ3v) is 3.48. The van der Waals surface area contributed by atoms with Crippen LogP contribution in [0, 0.1) is 0 Å². The van der Waals surface area contributed by atoms with Crippen molar-refractivity contribution in [2.75, 3.05) is 5.73 Å². The Hall–Kier alpha value is -1.000. The molecule has 0 bridgehead atoms. The molecule has 0 radical (unpaired) electrons. The summed E-state index contributed by atoms with van der Waals surface area (Å²) in [6.07, 6.45) is 0. The third-order valence-electron chi connectivity index (χ3n) is 2.26. The van der Waals surface area contributed by atoms with E-state index in [-0.39, 0.29) is 0 Å². The van der Waals surface area contributed by atoms with Gasteiger partial charge in [-0.25, -0.2) is 0 Å². The number of ether oxygens (including phenoxy) is 1. The maximum absolute atomic E-state index is 5.80. The molecule has 0 aliphatic rings. The number of halogens is 2. The Bertz CT molecular complexity index is 529. The van der Waals surface area contributed by atoms with Gasteiger partial charge in [0.1, 0.15) is 12.4 Å². The Morgan fingerprint density at radius 3 is 2.59 bits per heavy atom. The standard InChI is InChI=1S/C13H11Br2NO/c14-10-2-1-3-11(7-10)17-8-9-4-5-12(15)13(16)6-9/h1-7H,8,16H2. The lowest BCUT2D eigenvalue weighted by Crippen LogP contribution is -1.97. The van der Waals surface area contributed by atoms with Crippen LogP contribution in [0.5, 0.6) is 5.75 Å². The van der Waals surface area contributed by atoms with Crippen molar-refractivity contribution in [1.82, 2.24) is 0 Å². The Balaban J connectivity index is 2.05. The molecule has 2 N–H and O–H groups in total. The van der Waals surface area contributed by atoms with E-state index >= 15 is 0 Å². The van der Waals surface area contributed by atoms with Gasteiger partial charge in [0.15, 0.2) is 0 Å². The zero-order valence-corrected chi connectivity index (χ0v) is 12.2. The molecular weight excluding hydrogens is 346 g/mol. The first kappa shape index (κ1) is 12.5. The second-order valence-electron chi connectivity index (χ2n) is 3.60. The van der Waals surface area contributed by atoms with E-state index in [0.29, 0.717) is 6.61 Å². The van der Waals surface area contributed by atoms with E-state index in [1.165, 1.54) is 0 Å². The van der Waals surface area contributed by atoms with E-state index in [4.69, 9.17) is 10.5 Å². The first-order valence-electron chi connectivity index (χ1n) is 5.07. The summed E-state index contributed by atoms with van der Waals surface area (Å²) in [4.78, 5) is 0. The highest BCUT2D eigenvalue weighted by molar-refractivity contribution is 9.10. The molecular formula is C13H11Br2NO. The summed E-state index contributed by atoms with van der Waals surface area (Å²) in [5.74, 6) is 0.834. The third kappa shape index (κ3) is 3.48. The smallest absolute Gasteiger partial charge is 0.120 e. The van der Waals surface area contributed by atoms with Crippen LogP contribution in [0.2, 0.25) is 0 Å². The van der Waals surface area contributed by atoms with E-state index in [1.807, 2.05) is 42.5 Å². The SMILES string of the molecule is Nc1cc(COc2cccc(Br)c2)ccc1Br. The molecule has 0 atom stereocenters. The van der Waals surface area contributed by atoms with Gasteiger partial charge in [-0.3, -0.25) is 0 Å². The number of nitrogens with two attached hydrogens (primary N) is 1. The molecule has 0 heterocycles. The van der Waals surface area contributed by atoms with Crippen molar-refractivity contribution in [1.29, 1.82) is 0 Å². The van der Waals surface area contributed by atoms with E-state index in [9.17, 15) is 0 Å². The molecule has 2 aromatic carbocycles. The van der Waals surface area contributed by atoms with Crippen molar-refractivity contribution in [2.45, 2.75) is 6.61 Å². The van der Waals surface area contributed by atoms with Gasteiger partial charge in [0, 0.05) is 14.6 Å². The normalized spacial score (nSPS) is 10.2. The van der Waals surface area contributed by atoms with Gasteiger partial charge in [-0.1, -0.05) is 28.1 Å². The molecule has 2 nitrogen and oxygen atoms in total. The number of rotatable bonds is 3. The van der Waals surface area contributed by atoms with Crippen LogP contribution < -0.4 is 10.5 Å². The molecule has 0 aliphatic carbocycles. The predicted molar refractivity (Wildman–Crippen MR) is 77.0 cm³/mol. The molecule has 0 spiro atoms.